The molecule has 0 aromatic heterocycles. The van der Waals surface area contributed by atoms with Crippen molar-refractivity contribution in [1.29, 1.82) is 0 Å². The average molecular weight is 178 g/mol. The minimum Gasteiger partial charge on any atom is -0.812 e. The molecule has 0 aliphatic heterocycles. The van der Waals surface area contributed by atoms with Crippen LogP contribution >= 0.6 is 6.72 Å². The summed E-state index contributed by atoms with van der Waals surface area (Å²) in [4.78, 5) is 19.9. The van der Waals surface area contributed by atoms with E-state index in [-0.39, 0.29) is 42.7 Å². The van der Waals surface area contributed by atoms with E-state index in [1.54, 1.807) is 0 Å². The second-order valence-corrected chi connectivity index (χ2v) is 3.56. The van der Waals surface area contributed by atoms with Gasteiger partial charge in [-0.15, -0.1) is 11.8 Å². The monoisotopic (exact) mass is 178 g/mol. The summed E-state index contributed by atoms with van der Waals surface area (Å²) in [6.07, 6.45) is 0. The quantitative estimate of drug-likeness (QED) is 0.345. The van der Waals surface area contributed by atoms with Crippen LogP contribution in [0.4, 0.5) is 0 Å². The molecule has 0 bridgehead atoms. The van der Waals surface area contributed by atoms with E-state index < -0.39 is 6.72 Å². The fourth-order valence-electron chi connectivity index (χ4n) is 0.165. The Labute approximate surface area is 80.9 Å². The third kappa shape index (κ3) is 12.6. The van der Waals surface area contributed by atoms with Gasteiger partial charge in [-0.2, -0.15) is 0 Å². The van der Waals surface area contributed by atoms with E-state index in [4.69, 9.17) is 5.73 Å². The van der Waals surface area contributed by atoms with Crippen molar-refractivity contribution in [2.45, 2.75) is 0 Å². The van der Waals surface area contributed by atoms with E-state index in [0.717, 1.165) is 0 Å². The van der Waals surface area contributed by atoms with E-state index in [9.17, 15) is 9.79 Å². The molecule has 4 nitrogen and oxygen atoms in total. The molecule has 0 aromatic carbocycles. The molecular weight excluding hydrogens is 172 g/mol. The zero-order valence-corrected chi connectivity index (χ0v) is 8.78. The molecule has 0 rings (SSSR count). The summed E-state index contributed by atoms with van der Waals surface area (Å²) >= 11 is 3.87. The molecule has 0 saturated carbocycles. The molecule has 7 heteroatoms. The third-order valence-electron chi connectivity index (χ3n) is 0.367. The molecule has 0 aliphatic carbocycles. The number of hydrogen-bond acceptors (Lipinski definition) is 5. The molecule has 0 amide bonds. The molecule has 0 heterocycles. The molecule has 9 heavy (non-hydrogen) atoms. The van der Waals surface area contributed by atoms with Crippen molar-refractivity contribution in [3.8, 4) is 0 Å². The summed E-state index contributed by atoms with van der Waals surface area (Å²) in [5.41, 5.74) is 4.90. The van der Waals surface area contributed by atoms with Crippen LogP contribution in [0.3, 0.4) is 0 Å². The van der Waals surface area contributed by atoms with Gasteiger partial charge in [0.25, 0.3) is 0 Å². The molecule has 0 atom stereocenters. The Morgan fingerprint density at radius 2 is 2.00 bits per heavy atom. The first-order valence-corrected chi connectivity index (χ1v) is 4.48. The van der Waals surface area contributed by atoms with Crippen LogP contribution in [0, 0.1) is 0 Å². The minimum atomic E-state index is -3.93. The zero-order valence-electron chi connectivity index (χ0n) is 5.07. The van der Waals surface area contributed by atoms with E-state index in [1.807, 2.05) is 0 Å². The first-order chi connectivity index (χ1) is 3.56. The van der Waals surface area contributed by atoms with Gasteiger partial charge in [0, 0.05) is 6.54 Å². The molecule has 0 radical (unpaired) electrons. The molecule has 0 spiro atoms. The first-order valence-electron chi connectivity index (χ1n) is 1.93. The molecule has 0 aliphatic rings. The Morgan fingerprint density at radius 3 is 2.11 bits per heavy atom. The molecule has 0 unspecified atom stereocenters. The van der Waals surface area contributed by atoms with Gasteiger partial charge in [0.15, 0.2) is 0 Å². The van der Waals surface area contributed by atoms with Gasteiger partial charge in [0.1, 0.15) is 0 Å². The van der Waals surface area contributed by atoms with Crippen molar-refractivity contribution in [3.63, 3.8) is 0 Å². The summed E-state index contributed by atoms with van der Waals surface area (Å²) in [5.74, 6) is 0. The molecule has 0 saturated heterocycles. The standard InChI is InChI=1S/C2H8NO3PS.Na/c3-1-2-6-7(4,5)8;/h1-3H2,(H2,4,5,8);/q;+1/p-2. The Kier molecular flexibility index (Phi) is 9.05. The molecule has 50 valence electrons. The Hall–Kier alpha value is 1.49. The maximum Gasteiger partial charge on any atom is 1.00 e. The molecular formula is C2H6NNaO3PS-. The number of rotatable bonds is 3. The van der Waals surface area contributed by atoms with Crippen LogP contribution in [0.25, 0.3) is 0 Å². The Morgan fingerprint density at radius 1 is 1.56 bits per heavy atom. The second kappa shape index (κ2) is 6.22. The summed E-state index contributed by atoms with van der Waals surface area (Å²) < 4.78 is 4.07. The molecule has 2 N–H and O–H groups in total. The predicted molar refractivity (Wildman–Crippen MR) is 29.3 cm³/mol. The van der Waals surface area contributed by atoms with E-state index in [1.165, 1.54) is 0 Å². The van der Waals surface area contributed by atoms with Crippen molar-refractivity contribution in [2.75, 3.05) is 13.2 Å². The maximum atomic E-state index is 9.95. The van der Waals surface area contributed by atoms with Gasteiger partial charge >= 0.3 is 29.6 Å². The zero-order chi connectivity index (χ0) is 6.62. The van der Waals surface area contributed by atoms with Crippen molar-refractivity contribution >= 4 is 18.5 Å². The Balaban J connectivity index is 0. The summed E-state index contributed by atoms with van der Waals surface area (Å²) in [6.45, 7) is -3.78. The third-order valence-corrected chi connectivity index (χ3v) is 1.18. The normalized spacial score (nSPS) is 10.6. The van der Waals surface area contributed by atoms with Crippen molar-refractivity contribution in [3.05, 3.63) is 0 Å². The first kappa shape index (κ1) is 13.1. The van der Waals surface area contributed by atoms with Gasteiger partial charge in [0.2, 0.25) is 0 Å². The predicted octanol–water partition coefficient (Wildman–Crippen LogP) is -5.09. The topological polar surface area (TPSA) is 81.4 Å². The van der Waals surface area contributed by atoms with Crippen LogP contribution in [0.2, 0.25) is 0 Å². The summed E-state index contributed by atoms with van der Waals surface area (Å²) in [5, 5.41) is 0. The van der Waals surface area contributed by atoms with Crippen molar-refractivity contribution < 1.29 is 43.9 Å². The van der Waals surface area contributed by atoms with Gasteiger partial charge in [0.05, 0.1) is 6.61 Å². The number of nitrogens with two attached hydrogens (primary N) is 1. The van der Waals surface area contributed by atoms with Crippen molar-refractivity contribution in [1.82, 2.24) is 0 Å². The summed E-state index contributed by atoms with van der Waals surface area (Å²) in [7, 11) is 0. The molecule has 0 fully saturated rings. The van der Waals surface area contributed by atoms with Crippen LogP contribution in [0.15, 0.2) is 0 Å². The SMILES string of the molecule is NCCOP([O-])([O-])=S.[Na+]. The minimum absolute atomic E-state index is 0. The smallest absolute Gasteiger partial charge is 0.812 e. The average Bonchev–Trinajstić information content (AvgIpc) is 1.59. The van der Waals surface area contributed by atoms with Crippen LogP contribution in [0.1, 0.15) is 0 Å². The van der Waals surface area contributed by atoms with E-state index in [2.05, 4.69) is 16.3 Å². The Bertz CT molecular complexity index is 106. The van der Waals surface area contributed by atoms with Crippen molar-refractivity contribution in [2.24, 2.45) is 5.73 Å². The number of hydrogen-bond donors (Lipinski definition) is 1. The fourth-order valence-corrected chi connectivity index (χ4v) is 0.717. The van der Waals surface area contributed by atoms with Crippen LogP contribution < -0.4 is 45.1 Å². The summed E-state index contributed by atoms with van der Waals surface area (Å²) in [6, 6.07) is 0. The second-order valence-electron chi connectivity index (χ2n) is 1.07. The van der Waals surface area contributed by atoms with Gasteiger partial charge in [-0.25, -0.2) is 0 Å². The van der Waals surface area contributed by atoms with Gasteiger partial charge in [-0.1, -0.05) is 6.72 Å². The maximum absolute atomic E-state index is 9.95. The van der Waals surface area contributed by atoms with Crippen LogP contribution in [-0.2, 0) is 16.3 Å². The van der Waals surface area contributed by atoms with Crippen LogP contribution in [0.5, 0.6) is 0 Å². The van der Waals surface area contributed by atoms with Gasteiger partial charge in [-0.05, 0) is 0 Å². The fraction of sp³-hybridized carbons (Fsp3) is 1.00. The largest absolute Gasteiger partial charge is 1.00 e. The van der Waals surface area contributed by atoms with Crippen LogP contribution in [-0.4, -0.2) is 13.2 Å². The van der Waals surface area contributed by atoms with E-state index >= 15 is 0 Å². The van der Waals surface area contributed by atoms with Gasteiger partial charge < -0.3 is 20.0 Å². The van der Waals surface area contributed by atoms with E-state index in [0.29, 0.717) is 0 Å². The molecule has 0 aromatic rings. The van der Waals surface area contributed by atoms with Gasteiger partial charge in [-0.3, -0.25) is 0 Å².